The molecule has 1 heterocycles. The first-order valence-electron chi connectivity index (χ1n) is 10.8. The molecule has 2 rings (SSSR count). The summed E-state index contributed by atoms with van der Waals surface area (Å²) in [5.41, 5.74) is -0.802. The number of methoxy groups -OCH3 is 1. The van der Waals surface area contributed by atoms with Gasteiger partial charge in [0.1, 0.15) is 0 Å². The predicted octanol–water partition coefficient (Wildman–Crippen LogP) is 4.80. The van der Waals surface area contributed by atoms with Crippen molar-refractivity contribution in [2.45, 2.75) is 89.1 Å². The van der Waals surface area contributed by atoms with Crippen molar-refractivity contribution in [3.63, 3.8) is 0 Å². The van der Waals surface area contributed by atoms with Gasteiger partial charge in [-0.3, -0.25) is 4.79 Å². The summed E-state index contributed by atoms with van der Waals surface area (Å²) in [6, 6.07) is 0. The molecule has 3 atom stereocenters. The number of hydrogen-bond donors (Lipinski definition) is 1. The van der Waals surface area contributed by atoms with Crippen molar-refractivity contribution in [1.82, 2.24) is 5.32 Å². The van der Waals surface area contributed by atoms with Crippen molar-refractivity contribution >= 4 is 31.8 Å². The summed E-state index contributed by atoms with van der Waals surface area (Å²) >= 11 is 5.95. The number of esters is 1. The lowest BCUT2D eigenvalue weighted by Crippen LogP contribution is -2.65. The van der Waals surface area contributed by atoms with Crippen molar-refractivity contribution in [2.75, 3.05) is 13.0 Å². The van der Waals surface area contributed by atoms with E-state index in [1.165, 1.54) is 13.5 Å². The third-order valence-corrected chi connectivity index (χ3v) is 11.9. The summed E-state index contributed by atoms with van der Waals surface area (Å²) in [4.78, 5) is 26.1. The van der Waals surface area contributed by atoms with Crippen LogP contribution in [0.3, 0.4) is 0 Å². The van der Waals surface area contributed by atoms with E-state index in [0.717, 1.165) is 25.7 Å². The number of alkyl halides is 1. The van der Waals surface area contributed by atoms with Crippen LogP contribution in [0.4, 0.5) is 0 Å². The van der Waals surface area contributed by atoms with E-state index in [-0.39, 0.29) is 16.9 Å². The van der Waals surface area contributed by atoms with Crippen molar-refractivity contribution in [1.29, 1.82) is 0 Å². The average Bonchev–Trinajstić information content (AvgIpc) is 2.91. The van der Waals surface area contributed by atoms with E-state index in [1.54, 1.807) is 0 Å². The second-order valence-electron chi connectivity index (χ2n) is 10.0. The standard InChI is InChI=1S/C22H38ClNO4Si/c1-15-17(13-14-23)19(25)24-22(15,20(26)27-5)18(16-11-9-8-10-12-16)28-29(6,7)21(2,3)4/h16-18H,1,8-14H2,2-7H3,(H,24,25)/t17-,18-,22+/m1/s1. The van der Waals surface area contributed by atoms with Crippen LogP contribution >= 0.6 is 11.6 Å². The van der Waals surface area contributed by atoms with Crippen LogP contribution in [0.25, 0.3) is 0 Å². The highest BCUT2D eigenvalue weighted by molar-refractivity contribution is 6.74. The van der Waals surface area contributed by atoms with Crippen LogP contribution in [0.2, 0.25) is 18.1 Å². The van der Waals surface area contributed by atoms with Crippen LogP contribution < -0.4 is 5.32 Å². The Balaban J connectivity index is 2.58. The summed E-state index contributed by atoms with van der Waals surface area (Å²) in [7, 11) is -0.880. The maximum absolute atomic E-state index is 13.3. The first-order valence-corrected chi connectivity index (χ1v) is 14.2. The van der Waals surface area contributed by atoms with Gasteiger partial charge in [-0.15, -0.1) is 11.6 Å². The number of carbonyl (C=O) groups excluding carboxylic acids is 2. The Bertz CT molecular complexity index is 639. The molecule has 1 amide bonds. The number of halogens is 1. The minimum Gasteiger partial charge on any atom is -0.467 e. The first-order chi connectivity index (χ1) is 13.4. The van der Waals surface area contributed by atoms with Gasteiger partial charge in [-0.1, -0.05) is 46.6 Å². The van der Waals surface area contributed by atoms with E-state index in [9.17, 15) is 9.59 Å². The lowest BCUT2D eigenvalue weighted by molar-refractivity contribution is -0.153. The minimum atomic E-state index is -2.24. The lowest BCUT2D eigenvalue weighted by Gasteiger charge is -2.48. The molecular weight excluding hydrogens is 406 g/mol. The Labute approximate surface area is 182 Å². The van der Waals surface area contributed by atoms with E-state index >= 15 is 0 Å². The molecule has 2 fully saturated rings. The highest BCUT2D eigenvalue weighted by Gasteiger charge is 2.61. The molecule has 1 saturated carbocycles. The van der Waals surface area contributed by atoms with Gasteiger partial charge in [-0.25, -0.2) is 4.79 Å². The quantitative estimate of drug-likeness (QED) is 0.265. The highest BCUT2D eigenvalue weighted by Crippen LogP contribution is 2.47. The van der Waals surface area contributed by atoms with Gasteiger partial charge in [0.25, 0.3) is 0 Å². The fraction of sp³-hybridized carbons (Fsp3) is 0.818. The van der Waals surface area contributed by atoms with Crippen molar-refractivity contribution in [3.05, 3.63) is 12.2 Å². The maximum Gasteiger partial charge on any atom is 0.338 e. The zero-order chi connectivity index (χ0) is 22.0. The highest BCUT2D eigenvalue weighted by atomic mass is 35.5. The van der Waals surface area contributed by atoms with E-state index < -0.39 is 31.8 Å². The topological polar surface area (TPSA) is 64.6 Å². The molecule has 0 bridgehead atoms. The summed E-state index contributed by atoms with van der Waals surface area (Å²) < 4.78 is 12.2. The Morgan fingerprint density at radius 1 is 1.31 bits per heavy atom. The van der Waals surface area contributed by atoms with Gasteiger partial charge in [0.2, 0.25) is 5.91 Å². The number of amides is 1. The molecule has 1 aliphatic heterocycles. The van der Waals surface area contributed by atoms with Crippen LogP contribution in [0.1, 0.15) is 59.3 Å². The predicted molar refractivity (Wildman–Crippen MR) is 120 cm³/mol. The molecule has 0 spiro atoms. The fourth-order valence-corrected chi connectivity index (χ4v) is 5.97. The number of carbonyl (C=O) groups is 2. The SMILES string of the molecule is C=C1[C@@H](CCCl)C(=O)N[C@]1(C(=O)OC)[C@H](O[Si](C)(C)C(C)(C)C)C1CCCCC1. The molecule has 1 N–H and O–H groups in total. The Morgan fingerprint density at radius 3 is 2.38 bits per heavy atom. The van der Waals surface area contributed by atoms with Crippen LogP contribution in [-0.4, -0.2) is 44.8 Å². The largest absolute Gasteiger partial charge is 0.467 e. The third-order valence-electron chi connectivity index (χ3n) is 7.20. The molecule has 5 nitrogen and oxygen atoms in total. The molecule has 2 aliphatic rings. The van der Waals surface area contributed by atoms with Crippen molar-refractivity contribution < 1.29 is 18.8 Å². The second-order valence-corrected chi connectivity index (χ2v) is 15.2. The van der Waals surface area contributed by atoms with Gasteiger partial charge in [0.15, 0.2) is 13.9 Å². The molecule has 0 aromatic carbocycles. The summed E-state index contributed by atoms with van der Waals surface area (Å²) in [6.45, 7) is 15.1. The van der Waals surface area contributed by atoms with E-state index in [2.05, 4.69) is 45.8 Å². The molecule has 0 aromatic heterocycles. The fourth-order valence-electron chi connectivity index (χ4n) is 4.39. The Hall–Kier alpha value is -0.853. The Morgan fingerprint density at radius 2 is 1.90 bits per heavy atom. The summed E-state index contributed by atoms with van der Waals surface area (Å²) in [5, 5.41) is 2.97. The van der Waals surface area contributed by atoms with E-state index in [1.807, 2.05) is 0 Å². The lowest BCUT2D eigenvalue weighted by atomic mass is 9.73. The van der Waals surface area contributed by atoms with Crippen LogP contribution in [0.15, 0.2) is 12.2 Å². The van der Waals surface area contributed by atoms with E-state index in [0.29, 0.717) is 17.9 Å². The molecular formula is C22H38ClNO4Si. The number of nitrogens with one attached hydrogen (secondary N) is 1. The molecule has 1 saturated heterocycles. The number of hydrogen-bond acceptors (Lipinski definition) is 4. The maximum atomic E-state index is 13.3. The van der Waals surface area contributed by atoms with Gasteiger partial charge >= 0.3 is 5.97 Å². The number of rotatable bonds is 7. The van der Waals surface area contributed by atoms with E-state index in [4.69, 9.17) is 20.8 Å². The van der Waals surface area contributed by atoms with Crippen LogP contribution in [0, 0.1) is 11.8 Å². The number of ether oxygens (including phenoxy) is 1. The second kappa shape index (κ2) is 9.11. The molecule has 29 heavy (non-hydrogen) atoms. The molecule has 7 heteroatoms. The van der Waals surface area contributed by atoms with Gasteiger partial charge in [0.05, 0.1) is 19.1 Å². The van der Waals surface area contributed by atoms with Gasteiger partial charge in [0, 0.05) is 5.88 Å². The summed E-state index contributed by atoms with van der Waals surface area (Å²) in [6.07, 6.45) is 5.31. The smallest absolute Gasteiger partial charge is 0.338 e. The minimum absolute atomic E-state index is 0.0310. The molecule has 1 aliphatic carbocycles. The van der Waals surface area contributed by atoms with Gasteiger partial charge in [-0.05, 0) is 48.9 Å². The third kappa shape index (κ3) is 4.59. The molecule has 166 valence electrons. The zero-order valence-corrected chi connectivity index (χ0v) is 20.7. The molecule has 0 unspecified atom stereocenters. The van der Waals surface area contributed by atoms with Crippen molar-refractivity contribution in [3.8, 4) is 0 Å². The first kappa shape index (κ1) is 24.4. The average molecular weight is 444 g/mol. The Kier molecular flexibility index (Phi) is 7.67. The van der Waals surface area contributed by atoms with Crippen molar-refractivity contribution in [2.24, 2.45) is 11.8 Å². The van der Waals surface area contributed by atoms with Gasteiger partial charge < -0.3 is 14.5 Å². The molecule has 0 aromatic rings. The zero-order valence-electron chi connectivity index (χ0n) is 18.9. The molecule has 0 radical (unpaired) electrons. The van der Waals surface area contributed by atoms with Gasteiger partial charge in [-0.2, -0.15) is 0 Å². The van der Waals surface area contributed by atoms with Crippen LogP contribution in [-0.2, 0) is 18.8 Å². The monoisotopic (exact) mass is 443 g/mol. The normalized spacial score (nSPS) is 27.6. The van der Waals surface area contributed by atoms with Crippen LogP contribution in [0.5, 0.6) is 0 Å². The summed E-state index contributed by atoms with van der Waals surface area (Å²) in [5.74, 6) is -0.696.